The average molecular weight is 413 g/mol. The Hall–Kier alpha value is -2.11. The monoisotopic (exact) mass is 412 g/mol. The van der Waals surface area contributed by atoms with Gasteiger partial charge in [-0.25, -0.2) is 0 Å². The number of amides is 1. The lowest BCUT2D eigenvalue weighted by Gasteiger charge is -2.22. The largest absolute Gasteiger partial charge is 0.383 e. The number of nitrogens with zero attached hydrogens (tertiary/aromatic N) is 2. The quantitative estimate of drug-likeness (QED) is 0.641. The molecule has 0 saturated heterocycles. The molecule has 0 aliphatic carbocycles. The van der Waals surface area contributed by atoms with Gasteiger partial charge in [0.15, 0.2) is 0 Å². The second-order valence-corrected chi connectivity index (χ2v) is 7.46. The van der Waals surface area contributed by atoms with Gasteiger partial charge in [-0.1, -0.05) is 24.3 Å². The van der Waals surface area contributed by atoms with Crippen molar-refractivity contribution < 1.29 is 9.53 Å². The molecule has 0 N–H and O–H groups in total. The number of carbonyl (C=O) groups excluding carboxylic acids is 1. The molecular weight excluding hydrogens is 392 g/mol. The molecule has 1 aliphatic rings. The number of ether oxygens (including phenoxy) is 1. The number of halogens is 1. The summed E-state index contributed by atoms with van der Waals surface area (Å²) >= 11 is 3.50. The zero-order valence-electron chi connectivity index (χ0n) is 14.7. The smallest absolute Gasteiger partial charge is 0.255 e. The predicted molar refractivity (Wildman–Crippen MR) is 106 cm³/mol. The van der Waals surface area contributed by atoms with Gasteiger partial charge in [-0.05, 0) is 51.7 Å². The SMILES string of the molecule is COCCn1cc2c3c(cccc31)CN(C(=O)c1ccccc1Br)CC2. The number of carbonyl (C=O) groups is 1. The van der Waals surface area contributed by atoms with Crippen LogP contribution in [0.25, 0.3) is 10.9 Å². The minimum atomic E-state index is 0.0758. The lowest BCUT2D eigenvalue weighted by Crippen LogP contribution is -2.31. The molecule has 4 nitrogen and oxygen atoms in total. The molecule has 4 rings (SSSR count). The summed E-state index contributed by atoms with van der Waals surface area (Å²) in [5.41, 5.74) is 4.47. The van der Waals surface area contributed by atoms with E-state index in [-0.39, 0.29) is 5.91 Å². The number of aromatic nitrogens is 1. The summed E-state index contributed by atoms with van der Waals surface area (Å²) in [5, 5.41) is 1.30. The van der Waals surface area contributed by atoms with E-state index in [1.807, 2.05) is 29.2 Å². The molecule has 1 aromatic heterocycles. The van der Waals surface area contributed by atoms with Gasteiger partial charge in [0.05, 0.1) is 12.2 Å². The molecular formula is C21H21BrN2O2. The van der Waals surface area contributed by atoms with E-state index in [2.05, 4.69) is 44.9 Å². The van der Waals surface area contributed by atoms with Gasteiger partial charge in [-0.2, -0.15) is 0 Å². The van der Waals surface area contributed by atoms with Gasteiger partial charge in [0.2, 0.25) is 0 Å². The highest BCUT2D eigenvalue weighted by Crippen LogP contribution is 2.30. The highest BCUT2D eigenvalue weighted by molar-refractivity contribution is 9.10. The number of methoxy groups -OCH3 is 1. The van der Waals surface area contributed by atoms with Crippen molar-refractivity contribution in [2.24, 2.45) is 0 Å². The van der Waals surface area contributed by atoms with E-state index in [0.29, 0.717) is 13.2 Å². The fraction of sp³-hybridized carbons (Fsp3) is 0.286. The lowest BCUT2D eigenvalue weighted by atomic mass is 10.1. The van der Waals surface area contributed by atoms with Crippen LogP contribution in [0, 0.1) is 0 Å². The van der Waals surface area contributed by atoms with E-state index in [1.54, 1.807) is 7.11 Å². The lowest BCUT2D eigenvalue weighted by molar-refractivity contribution is 0.0747. The van der Waals surface area contributed by atoms with Crippen LogP contribution < -0.4 is 0 Å². The first-order chi connectivity index (χ1) is 12.7. The molecule has 26 heavy (non-hydrogen) atoms. The normalized spacial score (nSPS) is 13.8. The van der Waals surface area contributed by atoms with Crippen molar-refractivity contribution in [1.82, 2.24) is 9.47 Å². The molecule has 0 fully saturated rings. The molecule has 0 bridgehead atoms. The maximum Gasteiger partial charge on any atom is 0.255 e. The molecule has 0 atom stereocenters. The van der Waals surface area contributed by atoms with Crippen LogP contribution in [0.15, 0.2) is 53.1 Å². The van der Waals surface area contributed by atoms with Gasteiger partial charge in [0.1, 0.15) is 0 Å². The molecule has 2 heterocycles. The van der Waals surface area contributed by atoms with Crippen molar-refractivity contribution in [3.8, 4) is 0 Å². The Labute approximate surface area is 161 Å². The van der Waals surface area contributed by atoms with Crippen LogP contribution in [0.1, 0.15) is 21.5 Å². The second kappa shape index (κ2) is 7.25. The molecule has 0 spiro atoms. The van der Waals surface area contributed by atoms with E-state index in [4.69, 9.17) is 4.74 Å². The minimum Gasteiger partial charge on any atom is -0.383 e. The fourth-order valence-corrected chi connectivity index (χ4v) is 4.19. The molecule has 1 amide bonds. The predicted octanol–water partition coefficient (Wildman–Crippen LogP) is 4.25. The number of rotatable bonds is 4. The topological polar surface area (TPSA) is 34.5 Å². The maximum absolute atomic E-state index is 13.0. The van der Waals surface area contributed by atoms with Crippen LogP contribution >= 0.6 is 15.9 Å². The van der Waals surface area contributed by atoms with Crippen LogP contribution in [-0.4, -0.2) is 35.6 Å². The zero-order chi connectivity index (χ0) is 18.1. The van der Waals surface area contributed by atoms with Crippen LogP contribution in [0.3, 0.4) is 0 Å². The number of hydrogen-bond donors (Lipinski definition) is 0. The fourth-order valence-electron chi connectivity index (χ4n) is 3.73. The van der Waals surface area contributed by atoms with E-state index in [1.165, 1.54) is 22.0 Å². The van der Waals surface area contributed by atoms with Gasteiger partial charge >= 0.3 is 0 Å². The summed E-state index contributed by atoms with van der Waals surface area (Å²) < 4.78 is 8.35. The van der Waals surface area contributed by atoms with E-state index >= 15 is 0 Å². The van der Waals surface area contributed by atoms with E-state index in [9.17, 15) is 4.79 Å². The van der Waals surface area contributed by atoms with Gasteiger partial charge < -0.3 is 14.2 Å². The third-order valence-corrected chi connectivity index (χ3v) is 5.70. The Balaban J connectivity index is 1.69. The van der Waals surface area contributed by atoms with Crippen molar-refractivity contribution in [3.05, 3.63) is 69.8 Å². The summed E-state index contributed by atoms with van der Waals surface area (Å²) in [5.74, 6) is 0.0758. The number of benzene rings is 2. The van der Waals surface area contributed by atoms with Gasteiger partial charge in [-0.3, -0.25) is 4.79 Å². The Morgan fingerprint density at radius 2 is 2.00 bits per heavy atom. The maximum atomic E-state index is 13.0. The summed E-state index contributed by atoms with van der Waals surface area (Å²) in [6, 6.07) is 14.0. The minimum absolute atomic E-state index is 0.0758. The molecule has 3 aromatic rings. The van der Waals surface area contributed by atoms with Gasteiger partial charge in [0, 0.05) is 48.3 Å². The first kappa shape index (κ1) is 17.3. The zero-order valence-corrected chi connectivity index (χ0v) is 16.3. The Morgan fingerprint density at radius 3 is 2.81 bits per heavy atom. The third-order valence-electron chi connectivity index (χ3n) is 5.01. The molecule has 5 heteroatoms. The molecule has 2 aromatic carbocycles. The molecule has 0 saturated carbocycles. The Kier molecular flexibility index (Phi) is 4.83. The van der Waals surface area contributed by atoms with Crippen LogP contribution in [0.4, 0.5) is 0 Å². The van der Waals surface area contributed by atoms with Crippen LogP contribution in [-0.2, 0) is 24.2 Å². The summed E-state index contributed by atoms with van der Waals surface area (Å²) in [6.07, 6.45) is 3.09. The van der Waals surface area contributed by atoms with Gasteiger partial charge in [0.25, 0.3) is 5.91 Å². The highest BCUT2D eigenvalue weighted by atomic mass is 79.9. The van der Waals surface area contributed by atoms with Crippen molar-refractivity contribution in [2.75, 3.05) is 20.3 Å². The molecule has 0 unspecified atom stereocenters. The summed E-state index contributed by atoms with van der Waals surface area (Å²) in [4.78, 5) is 15.0. The third kappa shape index (κ3) is 3.06. The van der Waals surface area contributed by atoms with Crippen molar-refractivity contribution in [3.63, 3.8) is 0 Å². The molecule has 134 valence electrons. The second-order valence-electron chi connectivity index (χ2n) is 6.61. The van der Waals surface area contributed by atoms with Crippen LogP contribution in [0.2, 0.25) is 0 Å². The highest BCUT2D eigenvalue weighted by Gasteiger charge is 2.24. The van der Waals surface area contributed by atoms with Crippen LogP contribution in [0.5, 0.6) is 0 Å². The van der Waals surface area contributed by atoms with Crippen molar-refractivity contribution in [2.45, 2.75) is 19.5 Å². The summed E-state index contributed by atoms with van der Waals surface area (Å²) in [7, 11) is 1.73. The van der Waals surface area contributed by atoms with Crippen molar-refractivity contribution >= 4 is 32.7 Å². The first-order valence-corrected chi connectivity index (χ1v) is 9.60. The van der Waals surface area contributed by atoms with E-state index in [0.717, 1.165) is 29.5 Å². The van der Waals surface area contributed by atoms with E-state index < -0.39 is 0 Å². The summed E-state index contributed by atoms with van der Waals surface area (Å²) in [6.45, 7) is 2.90. The van der Waals surface area contributed by atoms with Gasteiger partial charge in [-0.15, -0.1) is 0 Å². The Bertz CT molecular complexity index is 964. The molecule has 1 aliphatic heterocycles. The Morgan fingerprint density at radius 1 is 1.15 bits per heavy atom. The molecule has 0 radical (unpaired) electrons. The standard InChI is InChI=1S/C21H21BrN2O2/c1-26-12-11-23-13-16-9-10-24(14-15-5-4-8-19(23)20(15)16)21(25)17-6-2-3-7-18(17)22/h2-8,13H,9-12,14H2,1H3. The van der Waals surface area contributed by atoms with Crippen molar-refractivity contribution in [1.29, 1.82) is 0 Å². The average Bonchev–Trinajstić information content (AvgIpc) is 2.90. The first-order valence-electron chi connectivity index (χ1n) is 8.81. The number of hydrogen-bond acceptors (Lipinski definition) is 2.